The average molecular weight is 185 g/mol. The van der Waals surface area contributed by atoms with Gasteiger partial charge in [0.2, 0.25) is 0 Å². The van der Waals surface area contributed by atoms with Gasteiger partial charge in [-0.2, -0.15) is 4.91 Å². The summed E-state index contributed by atoms with van der Waals surface area (Å²) < 4.78 is 0. The van der Waals surface area contributed by atoms with E-state index in [4.69, 9.17) is 0 Å². The van der Waals surface area contributed by atoms with Crippen LogP contribution >= 0.6 is 0 Å². The molecule has 0 aromatic heterocycles. The summed E-state index contributed by atoms with van der Waals surface area (Å²) in [6, 6.07) is 0. The molecule has 13 heavy (non-hydrogen) atoms. The first-order chi connectivity index (χ1) is 6.20. The van der Waals surface area contributed by atoms with Crippen molar-refractivity contribution >= 4 is 0 Å². The second kappa shape index (κ2) is 8.21. The molecular weight excluding hydrogens is 162 g/mol. The average Bonchev–Trinajstić information content (AvgIpc) is 2.12. The van der Waals surface area contributed by atoms with Crippen molar-refractivity contribution in [3.8, 4) is 0 Å². The first kappa shape index (κ1) is 12.6. The molecule has 0 aliphatic carbocycles. The predicted molar refractivity (Wildman–Crippen MR) is 57.7 cm³/mol. The molecule has 1 unspecified atom stereocenters. The minimum absolute atomic E-state index is 0.489. The number of hydrogen-bond donors (Lipinski definition) is 0. The summed E-state index contributed by atoms with van der Waals surface area (Å²) in [5.41, 5.74) is 0. The monoisotopic (exact) mass is 185 g/mol. The molecule has 0 saturated carbocycles. The van der Waals surface area contributed by atoms with Gasteiger partial charge < -0.3 is 0 Å². The lowest BCUT2D eigenvalue weighted by atomic mass is 9.93. The minimum Gasteiger partial charge on any atom is -0.151 e. The van der Waals surface area contributed by atoms with Gasteiger partial charge in [0, 0.05) is 0 Å². The van der Waals surface area contributed by atoms with Crippen LogP contribution in [0.25, 0.3) is 0 Å². The first-order valence-corrected chi connectivity index (χ1v) is 5.49. The van der Waals surface area contributed by atoms with Crippen molar-refractivity contribution in [2.75, 3.05) is 6.54 Å². The maximum absolute atomic E-state index is 9.90. The van der Waals surface area contributed by atoms with Crippen LogP contribution in [0.4, 0.5) is 0 Å². The zero-order valence-corrected chi connectivity index (χ0v) is 9.25. The third kappa shape index (κ3) is 7.94. The van der Waals surface area contributed by atoms with Crippen LogP contribution in [0.5, 0.6) is 0 Å². The highest BCUT2D eigenvalue weighted by Gasteiger charge is 2.05. The molecule has 0 aromatic rings. The topological polar surface area (TPSA) is 29.4 Å². The third-order valence-electron chi connectivity index (χ3n) is 2.65. The fourth-order valence-corrected chi connectivity index (χ4v) is 1.62. The highest BCUT2D eigenvalue weighted by atomic mass is 16.3. The number of nitrogens with zero attached hydrogens (tertiary/aromatic N) is 1. The van der Waals surface area contributed by atoms with Crippen LogP contribution in [0, 0.1) is 16.7 Å². The van der Waals surface area contributed by atoms with Crippen molar-refractivity contribution in [2.24, 2.45) is 17.0 Å². The summed E-state index contributed by atoms with van der Waals surface area (Å²) >= 11 is 0. The number of rotatable bonds is 8. The molecule has 2 atom stereocenters. The Labute approximate surface area is 82.1 Å². The summed E-state index contributed by atoms with van der Waals surface area (Å²) in [6.07, 6.45) is 6.12. The Morgan fingerprint density at radius 1 is 1.00 bits per heavy atom. The van der Waals surface area contributed by atoms with Gasteiger partial charge in [-0.15, -0.1) is 0 Å². The van der Waals surface area contributed by atoms with Gasteiger partial charge in [0.05, 0.1) is 6.54 Å². The third-order valence-corrected chi connectivity index (χ3v) is 2.65. The Balaban J connectivity index is 3.33. The van der Waals surface area contributed by atoms with E-state index in [1.54, 1.807) is 0 Å². The molecule has 0 aliphatic heterocycles. The van der Waals surface area contributed by atoms with Gasteiger partial charge in [0.15, 0.2) is 0 Å². The molecule has 0 spiro atoms. The van der Waals surface area contributed by atoms with E-state index >= 15 is 0 Å². The first-order valence-electron chi connectivity index (χ1n) is 5.49. The van der Waals surface area contributed by atoms with Crippen molar-refractivity contribution in [1.82, 2.24) is 0 Å². The second-order valence-electron chi connectivity index (χ2n) is 4.22. The van der Waals surface area contributed by atoms with Crippen molar-refractivity contribution in [3.63, 3.8) is 0 Å². The lowest BCUT2D eigenvalue weighted by Gasteiger charge is -2.13. The zero-order chi connectivity index (χ0) is 10.1. The lowest BCUT2D eigenvalue weighted by molar-refractivity contribution is 0.398. The van der Waals surface area contributed by atoms with E-state index in [-0.39, 0.29) is 0 Å². The van der Waals surface area contributed by atoms with Gasteiger partial charge in [-0.05, 0) is 18.3 Å². The van der Waals surface area contributed by atoms with Gasteiger partial charge in [-0.1, -0.05) is 51.6 Å². The summed E-state index contributed by atoms with van der Waals surface area (Å²) in [7, 11) is 0. The van der Waals surface area contributed by atoms with Crippen LogP contribution < -0.4 is 0 Å². The van der Waals surface area contributed by atoms with Gasteiger partial charge in [-0.25, -0.2) is 0 Å². The number of nitroso groups, excluding NO2 is 1. The molecule has 0 aliphatic rings. The quantitative estimate of drug-likeness (QED) is 0.526. The van der Waals surface area contributed by atoms with E-state index in [1.807, 2.05) is 0 Å². The minimum atomic E-state index is 0.489. The standard InChI is InChI=1S/C11H23NO/c1-4-5-10(2)6-7-11(3)8-9-12-13/h10-11H,4-9H2,1-3H3/t10-,11?/m1/s1. The molecule has 2 nitrogen and oxygen atoms in total. The molecule has 0 amide bonds. The van der Waals surface area contributed by atoms with Crippen LogP contribution in [0.3, 0.4) is 0 Å². The molecule has 0 rings (SSSR count). The van der Waals surface area contributed by atoms with Crippen LogP contribution in [0.2, 0.25) is 0 Å². The van der Waals surface area contributed by atoms with Crippen molar-refractivity contribution in [1.29, 1.82) is 0 Å². The van der Waals surface area contributed by atoms with E-state index in [0.29, 0.717) is 12.5 Å². The molecule has 0 fully saturated rings. The summed E-state index contributed by atoms with van der Waals surface area (Å²) in [5.74, 6) is 1.51. The molecule has 2 heteroatoms. The molecule has 0 aromatic carbocycles. The second-order valence-corrected chi connectivity index (χ2v) is 4.22. The maximum atomic E-state index is 9.90. The predicted octanol–water partition coefficient (Wildman–Crippen LogP) is 4.00. The molecule has 0 heterocycles. The van der Waals surface area contributed by atoms with Crippen molar-refractivity contribution in [2.45, 2.75) is 52.9 Å². The van der Waals surface area contributed by atoms with Gasteiger partial charge in [0.1, 0.15) is 0 Å². The fourth-order valence-electron chi connectivity index (χ4n) is 1.62. The van der Waals surface area contributed by atoms with Crippen LogP contribution in [0.15, 0.2) is 5.18 Å². The molecule has 0 radical (unpaired) electrons. The SMILES string of the molecule is CCC[C@@H](C)CCC(C)CCN=O. The lowest BCUT2D eigenvalue weighted by Crippen LogP contribution is -2.01. The van der Waals surface area contributed by atoms with E-state index in [2.05, 4.69) is 25.9 Å². The highest BCUT2D eigenvalue weighted by molar-refractivity contribution is 4.59. The molecule has 78 valence electrons. The highest BCUT2D eigenvalue weighted by Crippen LogP contribution is 2.18. The van der Waals surface area contributed by atoms with E-state index in [0.717, 1.165) is 12.3 Å². The van der Waals surface area contributed by atoms with E-state index in [1.165, 1.54) is 25.7 Å². The maximum Gasteiger partial charge on any atom is 0.0813 e. The Kier molecular flexibility index (Phi) is 7.96. The van der Waals surface area contributed by atoms with Crippen molar-refractivity contribution in [3.05, 3.63) is 4.91 Å². The molecule has 0 N–H and O–H groups in total. The Morgan fingerprint density at radius 3 is 2.00 bits per heavy atom. The van der Waals surface area contributed by atoms with Gasteiger partial charge >= 0.3 is 0 Å². The zero-order valence-electron chi connectivity index (χ0n) is 9.25. The van der Waals surface area contributed by atoms with Crippen LogP contribution in [0.1, 0.15) is 52.9 Å². The summed E-state index contributed by atoms with van der Waals surface area (Å²) in [6.45, 7) is 7.25. The van der Waals surface area contributed by atoms with Gasteiger partial charge in [-0.3, -0.25) is 0 Å². The largest absolute Gasteiger partial charge is 0.151 e. The Hall–Kier alpha value is -0.400. The van der Waals surface area contributed by atoms with Gasteiger partial charge in [0.25, 0.3) is 0 Å². The summed E-state index contributed by atoms with van der Waals surface area (Å²) in [4.78, 5) is 9.90. The molecular formula is C11H23NO. The smallest absolute Gasteiger partial charge is 0.0813 e. The molecule has 0 bridgehead atoms. The number of hydrogen-bond acceptors (Lipinski definition) is 2. The van der Waals surface area contributed by atoms with Crippen LogP contribution in [-0.2, 0) is 0 Å². The van der Waals surface area contributed by atoms with Crippen molar-refractivity contribution < 1.29 is 0 Å². The fraction of sp³-hybridized carbons (Fsp3) is 1.00. The Bertz CT molecular complexity index is 125. The van der Waals surface area contributed by atoms with E-state index < -0.39 is 0 Å². The Morgan fingerprint density at radius 2 is 1.54 bits per heavy atom. The normalized spacial score (nSPS) is 15.3. The van der Waals surface area contributed by atoms with E-state index in [9.17, 15) is 4.91 Å². The van der Waals surface area contributed by atoms with Crippen LogP contribution in [-0.4, -0.2) is 6.54 Å². The molecule has 0 saturated heterocycles. The summed E-state index contributed by atoms with van der Waals surface area (Å²) in [5, 5.41) is 2.89.